The van der Waals surface area contributed by atoms with E-state index in [4.69, 9.17) is 13.8 Å². The fourth-order valence-electron chi connectivity index (χ4n) is 3.88. The molecule has 0 spiro atoms. The molecule has 1 N–H and O–H groups in total. The molecule has 1 aliphatic carbocycles. The summed E-state index contributed by atoms with van der Waals surface area (Å²) < 4.78 is 29.3. The summed E-state index contributed by atoms with van der Waals surface area (Å²) in [4.78, 5) is 12.4. The number of fused-ring (bicyclic) bond motifs is 3. The van der Waals surface area contributed by atoms with Crippen LogP contribution in [0, 0.1) is 0 Å². The van der Waals surface area contributed by atoms with Crippen LogP contribution in [0.4, 0.5) is 4.79 Å². The normalized spacial score (nSPS) is 14.3. The second-order valence-corrected chi connectivity index (χ2v) is 9.50. The number of ether oxygens (including phenoxy) is 1. The molecule has 0 saturated carbocycles. The lowest BCUT2D eigenvalue weighted by Gasteiger charge is -2.19. The molecule has 7 heteroatoms. The highest BCUT2D eigenvalue weighted by atomic mass is 31.2. The quantitative estimate of drug-likeness (QED) is 0.408. The number of alkyl carbamates (subject to hydrolysis) is 1. The van der Waals surface area contributed by atoms with Crippen LogP contribution in [0.1, 0.15) is 29.5 Å². The van der Waals surface area contributed by atoms with E-state index < -0.39 is 13.7 Å². The number of hydrogen-bond acceptors (Lipinski definition) is 5. The van der Waals surface area contributed by atoms with E-state index in [0.29, 0.717) is 0 Å². The molecular weight excluding hydrogens is 425 g/mol. The van der Waals surface area contributed by atoms with Gasteiger partial charge in [-0.1, -0.05) is 78.9 Å². The maximum Gasteiger partial charge on any atom is 0.407 e. The Morgan fingerprint density at radius 2 is 1.47 bits per heavy atom. The number of carbonyl (C=O) groups excluding carboxylic acids is 1. The first-order chi connectivity index (χ1) is 15.6. The fourth-order valence-corrected chi connectivity index (χ4v) is 5.20. The first-order valence-corrected chi connectivity index (χ1v) is 12.3. The Hall–Kier alpha value is -2.92. The van der Waals surface area contributed by atoms with Crippen LogP contribution < -0.4 is 5.32 Å². The van der Waals surface area contributed by atoms with E-state index >= 15 is 0 Å². The van der Waals surface area contributed by atoms with E-state index in [0.717, 1.165) is 27.8 Å². The molecule has 0 aliphatic heterocycles. The van der Waals surface area contributed by atoms with Crippen molar-refractivity contribution in [2.45, 2.75) is 19.4 Å². The van der Waals surface area contributed by atoms with Crippen LogP contribution in [0.2, 0.25) is 0 Å². The molecule has 0 radical (unpaired) electrons. The maximum absolute atomic E-state index is 13.0. The van der Waals surface area contributed by atoms with Gasteiger partial charge >= 0.3 is 13.7 Å². The Morgan fingerprint density at radius 3 is 2.09 bits per heavy atom. The van der Waals surface area contributed by atoms with Crippen molar-refractivity contribution in [1.29, 1.82) is 0 Å². The monoisotopic (exact) mass is 451 g/mol. The first-order valence-electron chi connectivity index (χ1n) is 10.6. The lowest BCUT2D eigenvalue weighted by atomic mass is 9.98. The van der Waals surface area contributed by atoms with Gasteiger partial charge in [0, 0.05) is 5.92 Å². The van der Waals surface area contributed by atoms with Crippen molar-refractivity contribution in [3.8, 4) is 11.1 Å². The van der Waals surface area contributed by atoms with Gasteiger partial charge in [-0.15, -0.1) is 0 Å². The van der Waals surface area contributed by atoms with Crippen molar-refractivity contribution in [2.24, 2.45) is 0 Å². The number of benzene rings is 3. The minimum atomic E-state index is -3.51. The van der Waals surface area contributed by atoms with Crippen molar-refractivity contribution in [3.05, 3.63) is 95.6 Å². The molecular formula is C25H26NO5P. The van der Waals surface area contributed by atoms with Gasteiger partial charge < -0.3 is 19.1 Å². The van der Waals surface area contributed by atoms with Gasteiger partial charge in [0.1, 0.15) is 12.9 Å². The van der Waals surface area contributed by atoms with Gasteiger partial charge in [0.2, 0.25) is 0 Å². The Labute approximate surface area is 188 Å². The zero-order valence-electron chi connectivity index (χ0n) is 17.9. The molecule has 6 nitrogen and oxygen atoms in total. The summed E-state index contributed by atoms with van der Waals surface area (Å²) in [6.45, 7) is 2.25. The van der Waals surface area contributed by atoms with Crippen molar-refractivity contribution >= 4 is 13.7 Å². The molecule has 3 aromatic rings. The lowest BCUT2D eigenvalue weighted by molar-refractivity contribution is 0.142. The van der Waals surface area contributed by atoms with Crippen LogP contribution in [-0.2, 0) is 25.0 Å². The zero-order chi connectivity index (χ0) is 22.4. The Kier molecular flexibility index (Phi) is 7.05. The summed E-state index contributed by atoms with van der Waals surface area (Å²) >= 11 is 0. The van der Waals surface area contributed by atoms with E-state index in [-0.39, 0.29) is 32.0 Å². The van der Waals surface area contributed by atoms with E-state index in [1.54, 1.807) is 6.92 Å². The van der Waals surface area contributed by atoms with Gasteiger partial charge in [-0.25, -0.2) is 4.79 Å². The van der Waals surface area contributed by atoms with Crippen molar-refractivity contribution in [3.63, 3.8) is 0 Å². The molecule has 1 aliphatic rings. The van der Waals surface area contributed by atoms with Crippen LogP contribution in [0.25, 0.3) is 11.1 Å². The molecule has 1 atom stereocenters. The van der Waals surface area contributed by atoms with Crippen LogP contribution in [0.5, 0.6) is 0 Å². The average molecular weight is 451 g/mol. The van der Waals surface area contributed by atoms with E-state index in [1.165, 1.54) is 0 Å². The predicted octanol–water partition coefficient (Wildman–Crippen LogP) is 5.93. The van der Waals surface area contributed by atoms with Gasteiger partial charge in [-0.3, -0.25) is 4.57 Å². The van der Waals surface area contributed by atoms with Crippen LogP contribution in [-0.4, -0.2) is 25.6 Å². The highest BCUT2D eigenvalue weighted by Gasteiger charge is 2.30. The summed E-state index contributed by atoms with van der Waals surface area (Å²) in [6, 6.07) is 25.6. The highest BCUT2D eigenvalue weighted by Crippen LogP contribution is 2.48. The largest absolute Gasteiger partial charge is 0.449 e. The van der Waals surface area contributed by atoms with E-state index in [1.807, 2.05) is 54.6 Å². The second kappa shape index (κ2) is 10.1. The molecule has 0 aromatic heterocycles. The summed E-state index contributed by atoms with van der Waals surface area (Å²) in [7, 11) is -3.51. The molecule has 32 heavy (non-hydrogen) atoms. The molecule has 0 heterocycles. The number of rotatable bonds is 9. The maximum atomic E-state index is 13.0. The first kappa shape index (κ1) is 22.3. The molecule has 166 valence electrons. The van der Waals surface area contributed by atoms with Gasteiger partial charge in [0.25, 0.3) is 0 Å². The van der Waals surface area contributed by atoms with Crippen LogP contribution in [0.15, 0.2) is 78.9 Å². The van der Waals surface area contributed by atoms with Crippen molar-refractivity contribution in [1.82, 2.24) is 5.32 Å². The van der Waals surface area contributed by atoms with Gasteiger partial charge in [-0.05, 0) is 34.7 Å². The second-order valence-electron chi connectivity index (χ2n) is 7.45. The topological polar surface area (TPSA) is 73.9 Å². The van der Waals surface area contributed by atoms with Gasteiger partial charge in [-0.2, -0.15) is 0 Å². The summed E-state index contributed by atoms with van der Waals surface area (Å²) in [5.41, 5.74) is 5.45. The molecule has 0 saturated heterocycles. The highest BCUT2D eigenvalue weighted by molar-refractivity contribution is 7.53. The Balaban J connectivity index is 1.35. The molecule has 1 unspecified atom stereocenters. The smallest absolute Gasteiger partial charge is 0.407 e. The van der Waals surface area contributed by atoms with Crippen molar-refractivity contribution < 1.29 is 23.1 Å². The third kappa shape index (κ3) is 5.10. The minimum Gasteiger partial charge on any atom is -0.449 e. The zero-order valence-corrected chi connectivity index (χ0v) is 18.8. The van der Waals surface area contributed by atoms with Crippen LogP contribution >= 0.6 is 7.60 Å². The van der Waals surface area contributed by atoms with Crippen LogP contribution in [0.3, 0.4) is 0 Å². The van der Waals surface area contributed by atoms with E-state index in [2.05, 4.69) is 29.6 Å². The Morgan fingerprint density at radius 1 is 0.875 bits per heavy atom. The molecule has 0 fully saturated rings. The van der Waals surface area contributed by atoms with Gasteiger partial charge in [0.15, 0.2) is 0 Å². The van der Waals surface area contributed by atoms with E-state index in [9.17, 15) is 9.36 Å². The minimum absolute atomic E-state index is 0.0406. The molecule has 4 rings (SSSR count). The standard InChI is InChI=1S/C25H26NO5P/c1-2-30-32(28,31-16-19-10-4-3-5-11-19)18-26-25(27)29-17-24-22-14-8-6-12-20(22)21-13-7-9-15-23(21)24/h3-15,24H,2,16-18H2,1H3,(H,26,27). The number of carbonyl (C=O) groups is 1. The third-order valence-electron chi connectivity index (χ3n) is 5.36. The number of hydrogen-bond donors (Lipinski definition) is 1. The molecule has 3 aromatic carbocycles. The Bertz CT molecular complexity index is 1070. The molecule has 0 bridgehead atoms. The molecule has 1 amide bonds. The summed E-state index contributed by atoms with van der Waals surface area (Å²) in [6.07, 6.45) is -0.917. The fraction of sp³-hybridized carbons (Fsp3) is 0.240. The predicted molar refractivity (Wildman–Crippen MR) is 124 cm³/mol. The van der Waals surface area contributed by atoms with Crippen molar-refractivity contribution in [2.75, 3.05) is 19.5 Å². The average Bonchev–Trinajstić information content (AvgIpc) is 3.15. The number of nitrogens with one attached hydrogen (secondary N) is 1. The lowest BCUT2D eigenvalue weighted by Crippen LogP contribution is -2.28. The summed E-state index contributed by atoms with van der Waals surface area (Å²) in [5.74, 6) is -0.0406. The third-order valence-corrected chi connectivity index (χ3v) is 7.08. The summed E-state index contributed by atoms with van der Waals surface area (Å²) in [5, 5.41) is 2.54. The number of amides is 1. The SMILES string of the molecule is CCOP(=O)(CNC(=O)OCC1c2ccccc2-c2ccccc21)OCc1ccccc1. The van der Waals surface area contributed by atoms with Gasteiger partial charge in [0.05, 0.1) is 13.2 Å².